The van der Waals surface area contributed by atoms with Gasteiger partial charge in [0.2, 0.25) is 5.91 Å². The molecule has 25 heavy (non-hydrogen) atoms. The highest BCUT2D eigenvalue weighted by Crippen LogP contribution is 2.22. The first-order valence-corrected chi connectivity index (χ1v) is 8.93. The van der Waals surface area contributed by atoms with Gasteiger partial charge in [-0.05, 0) is 54.7 Å². The van der Waals surface area contributed by atoms with E-state index in [0.717, 1.165) is 30.4 Å². The molecule has 0 aliphatic carbocycles. The van der Waals surface area contributed by atoms with E-state index in [2.05, 4.69) is 22.1 Å². The van der Waals surface area contributed by atoms with E-state index in [4.69, 9.17) is 11.6 Å². The Balaban J connectivity index is 1.55. The van der Waals surface area contributed by atoms with Crippen LogP contribution in [-0.2, 0) is 4.79 Å². The molecule has 1 aliphatic heterocycles. The van der Waals surface area contributed by atoms with E-state index >= 15 is 0 Å². The summed E-state index contributed by atoms with van der Waals surface area (Å²) in [7, 11) is 0. The van der Waals surface area contributed by atoms with Crippen LogP contribution < -0.4 is 10.2 Å². The number of carbonyl (C=O) groups excluding carboxylic acids is 1. The first-order chi connectivity index (χ1) is 12.1. The van der Waals surface area contributed by atoms with E-state index in [1.807, 2.05) is 24.3 Å². The molecule has 0 bridgehead atoms. The lowest BCUT2D eigenvalue weighted by atomic mass is 9.99. The first-order valence-electron chi connectivity index (χ1n) is 8.56. The summed E-state index contributed by atoms with van der Waals surface area (Å²) in [5.74, 6) is 1.58. The lowest BCUT2D eigenvalue weighted by Crippen LogP contribution is -2.33. The minimum atomic E-state index is -0.184. The van der Waals surface area contributed by atoms with Crippen molar-refractivity contribution in [3.8, 4) is 0 Å². The molecule has 3 rings (SSSR count). The topological polar surface area (TPSA) is 45.2 Å². The number of nitrogens with zero attached hydrogens (tertiary/aromatic N) is 2. The summed E-state index contributed by atoms with van der Waals surface area (Å²) in [6, 6.07) is 11.2. The smallest absolute Gasteiger partial charge is 0.248 e. The number of piperidine rings is 1. The molecule has 2 heterocycles. The van der Waals surface area contributed by atoms with Gasteiger partial charge in [-0.1, -0.05) is 30.7 Å². The summed E-state index contributed by atoms with van der Waals surface area (Å²) in [5.41, 5.74) is 1.62. The number of benzene rings is 1. The van der Waals surface area contributed by atoms with Crippen molar-refractivity contribution in [3.63, 3.8) is 0 Å². The lowest BCUT2D eigenvalue weighted by Gasteiger charge is -2.31. The average Bonchev–Trinajstić information content (AvgIpc) is 2.63. The minimum absolute atomic E-state index is 0.184. The molecule has 0 radical (unpaired) electrons. The van der Waals surface area contributed by atoms with Gasteiger partial charge in [-0.2, -0.15) is 0 Å². The van der Waals surface area contributed by atoms with E-state index in [1.54, 1.807) is 24.4 Å². The molecule has 1 aromatic carbocycles. The van der Waals surface area contributed by atoms with E-state index < -0.39 is 0 Å². The third-order valence-electron chi connectivity index (χ3n) is 4.42. The van der Waals surface area contributed by atoms with Crippen LogP contribution in [0.4, 0.5) is 11.5 Å². The van der Waals surface area contributed by atoms with Crippen molar-refractivity contribution in [2.24, 2.45) is 5.92 Å². The lowest BCUT2D eigenvalue weighted by molar-refractivity contribution is -0.111. The third kappa shape index (κ3) is 5.07. The normalized spacial score (nSPS) is 15.5. The van der Waals surface area contributed by atoms with Gasteiger partial charge in [-0.25, -0.2) is 4.98 Å². The number of hydrogen-bond donors (Lipinski definition) is 1. The van der Waals surface area contributed by atoms with Gasteiger partial charge in [0.25, 0.3) is 0 Å². The molecule has 0 unspecified atom stereocenters. The molecule has 1 saturated heterocycles. The Kier molecular flexibility index (Phi) is 5.71. The zero-order valence-corrected chi connectivity index (χ0v) is 15.0. The van der Waals surface area contributed by atoms with Crippen molar-refractivity contribution in [2.75, 3.05) is 23.3 Å². The molecule has 0 spiro atoms. The molecule has 5 heteroatoms. The fourth-order valence-corrected chi connectivity index (χ4v) is 2.94. The van der Waals surface area contributed by atoms with Crippen LogP contribution in [0.1, 0.15) is 25.3 Å². The van der Waals surface area contributed by atoms with Gasteiger partial charge in [0.05, 0.1) is 11.9 Å². The zero-order valence-electron chi connectivity index (χ0n) is 14.3. The zero-order chi connectivity index (χ0) is 17.6. The standard InChI is InChI=1S/C20H22ClN3O/c1-15-10-12-24(13-11-15)19-8-7-18(14-22-19)23-20(25)9-4-16-2-5-17(21)6-3-16/h2-9,14-15H,10-13H2,1H3,(H,23,25)/b9-4+. The maximum absolute atomic E-state index is 12.0. The van der Waals surface area contributed by atoms with E-state index in [-0.39, 0.29) is 5.91 Å². The largest absolute Gasteiger partial charge is 0.357 e. The van der Waals surface area contributed by atoms with Gasteiger partial charge < -0.3 is 10.2 Å². The Labute approximate surface area is 153 Å². The number of pyridine rings is 1. The summed E-state index contributed by atoms with van der Waals surface area (Å²) in [5, 5.41) is 3.50. The van der Waals surface area contributed by atoms with E-state index in [1.165, 1.54) is 18.9 Å². The van der Waals surface area contributed by atoms with Gasteiger partial charge in [0.15, 0.2) is 0 Å². The second-order valence-corrected chi connectivity index (χ2v) is 6.89. The quantitative estimate of drug-likeness (QED) is 0.814. The average molecular weight is 356 g/mol. The molecular formula is C20H22ClN3O. The van der Waals surface area contributed by atoms with Crippen molar-refractivity contribution in [2.45, 2.75) is 19.8 Å². The monoisotopic (exact) mass is 355 g/mol. The molecule has 0 atom stereocenters. The molecular weight excluding hydrogens is 334 g/mol. The molecule has 1 N–H and O–H groups in total. The highest BCUT2D eigenvalue weighted by molar-refractivity contribution is 6.30. The van der Waals surface area contributed by atoms with Crippen LogP contribution in [0.5, 0.6) is 0 Å². The van der Waals surface area contributed by atoms with E-state index in [9.17, 15) is 4.79 Å². The van der Waals surface area contributed by atoms with Crippen molar-refractivity contribution in [1.29, 1.82) is 0 Å². The second kappa shape index (κ2) is 8.17. The van der Waals surface area contributed by atoms with Crippen molar-refractivity contribution < 1.29 is 4.79 Å². The van der Waals surface area contributed by atoms with Gasteiger partial charge in [-0.15, -0.1) is 0 Å². The van der Waals surface area contributed by atoms with Crippen molar-refractivity contribution >= 4 is 35.1 Å². The number of rotatable bonds is 4. The third-order valence-corrected chi connectivity index (χ3v) is 4.67. The molecule has 0 saturated carbocycles. The summed E-state index contributed by atoms with van der Waals surface area (Å²) in [6.07, 6.45) is 7.37. The summed E-state index contributed by atoms with van der Waals surface area (Å²) in [4.78, 5) is 18.8. The van der Waals surface area contributed by atoms with Crippen molar-refractivity contribution in [3.05, 3.63) is 59.3 Å². The fourth-order valence-electron chi connectivity index (χ4n) is 2.81. The molecule has 1 fully saturated rings. The Bertz CT molecular complexity index is 733. The number of carbonyl (C=O) groups is 1. The predicted molar refractivity (Wildman–Crippen MR) is 104 cm³/mol. The number of anilines is 2. The van der Waals surface area contributed by atoms with Gasteiger partial charge in [0.1, 0.15) is 5.82 Å². The SMILES string of the molecule is CC1CCN(c2ccc(NC(=O)/C=C/c3ccc(Cl)cc3)cn2)CC1. The Hall–Kier alpha value is -2.33. The molecule has 1 aromatic heterocycles. The Morgan fingerprint density at radius 3 is 2.56 bits per heavy atom. The molecule has 130 valence electrons. The van der Waals surface area contributed by atoms with Crippen LogP contribution in [-0.4, -0.2) is 24.0 Å². The van der Waals surface area contributed by atoms with E-state index in [0.29, 0.717) is 10.7 Å². The van der Waals surface area contributed by atoms with Gasteiger partial charge in [0, 0.05) is 24.2 Å². The van der Waals surface area contributed by atoms with Gasteiger partial charge >= 0.3 is 0 Å². The Morgan fingerprint density at radius 1 is 1.20 bits per heavy atom. The van der Waals surface area contributed by atoms with Crippen LogP contribution >= 0.6 is 11.6 Å². The summed E-state index contributed by atoms with van der Waals surface area (Å²) >= 11 is 5.84. The minimum Gasteiger partial charge on any atom is -0.357 e. The molecule has 1 amide bonds. The highest BCUT2D eigenvalue weighted by Gasteiger charge is 2.16. The van der Waals surface area contributed by atoms with Crippen LogP contribution in [0.15, 0.2) is 48.7 Å². The number of halogens is 1. The number of nitrogens with one attached hydrogen (secondary N) is 1. The predicted octanol–water partition coefficient (Wildman–Crippen LogP) is 4.62. The maximum atomic E-state index is 12.0. The van der Waals surface area contributed by atoms with Crippen LogP contribution in [0, 0.1) is 5.92 Å². The first kappa shape index (κ1) is 17.5. The van der Waals surface area contributed by atoms with Crippen molar-refractivity contribution in [1.82, 2.24) is 4.98 Å². The molecule has 1 aliphatic rings. The maximum Gasteiger partial charge on any atom is 0.248 e. The Morgan fingerprint density at radius 2 is 1.92 bits per heavy atom. The fraction of sp³-hybridized carbons (Fsp3) is 0.300. The van der Waals surface area contributed by atoms with Crippen LogP contribution in [0.3, 0.4) is 0 Å². The number of aromatic nitrogens is 1. The molecule has 4 nitrogen and oxygen atoms in total. The van der Waals surface area contributed by atoms with Crippen LogP contribution in [0.2, 0.25) is 5.02 Å². The summed E-state index contributed by atoms with van der Waals surface area (Å²) < 4.78 is 0. The number of hydrogen-bond acceptors (Lipinski definition) is 3. The highest BCUT2D eigenvalue weighted by atomic mass is 35.5. The second-order valence-electron chi connectivity index (χ2n) is 6.45. The molecule has 2 aromatic rings. The number of amides is 1. The van der Waals surface area contributed by atoms with Crippen LogP contribution in [0.25, 0.3) is 6.08 Å². The van der Waals surface area contributed by atoms with Gasteiger partial charge in [-0.3, -0.25) is 4.79 Å². The summed E-state index contributed by atoms with van der Waals surface area (Å²) in [6.45, 7) is 4.38.